The normalized spacial score (nSPS) is 9.89. The summed E-state index contributed by atoms with van der Waals surface area (Å²) in [6.45, 7) is 0. The van der Waals surface area contributed by atoms with E-state index in [9.17, 15) is 4.79 Å². The molecule has 2 aromatic rings. The Labute approximate surface area is 120 Å². The zero-order chi connectivity index (χ0) is 13.7. The van der Waals surface area contributed by atoms with Crippen LogP contribution in [0.25, 0.3) is 0 Å². The summed E-state index contributed by atoms with van der Waals surface area (Å²) in [4.78, 5) is 12.1. The van der Waals surface area contributed by atoms with Gasteiger partial charge < -0.3 is 9.84 Å². The van der Waals surface area contributed by atoms with E-state index in [1.165, 1.54) is 17.8 Å². The van der Waals surface area contributed by atoms with Crippen LogP contribution < -0.4 is 4.74 Å². The Kier molecular flexibility index (Phi) is 4.54. The molecule has 3 nitrogen and oxygen atoms in total. The van der Waals surface area contributed by atoms with E-state index in [0.717, 1.165) is 4.90 Å². The summed E-state index contributed by atoms with van der Waals surface area (Å²) >= 11 is 6.20. The van der Waals surface area contributed by atoms with Crippen molar-refractivity contribution in [1.29, 1.82) is 0 Å². The lowest BCUT2D eigenvalue weighted by Crippen LogP contribution is -1.99. The smallest absolute Gasteiger partial charge is 0.339 e. The van der Waals surface area contributed by atoms with Crippen molar-refractivity contribution in [3.8, 4) is 11.5 Å². The number of ether oxygens (including phenoxy) is 1. The molecule has 0 aliphatic rings. The van der Waals surface area contributed by atoms with Gasteiger partial charge in [0.1, 0.15) is 17.1 Å². The van der Waals surface area contributed by atoms with Crippen LogP contribution in [-0.4, -0.2) is 15.8 Å². The summed E-state index contributed by atoms with van der Waals surface area (Å²) < 4.78 is 7.16. The summed E-state index contributed by atoms with van der Waals surface area (Å²) in [5.74, 6) is -0.101. The molecule has 0 atom stereocenters. The van der Waals surface area contributed by atoms with E-state index in [4.69, 9.17) is 22.1 Å². The molecule has 96 valence electrons. The molecule has 0 unspecified atom stereocenters. The number of para-hydroxylation sites is 1. The van der Waals surface area contributed by atoms with Gasteiger partial charge in [-0.1, -0.05) is 36.1 Å². The minimum atomic E-state index is -1.01. The molecule has 0 aliphatic heterocycles. The van der Waals surface area contributed by atoms with Gasteiger partial charge in [-0.05, 0) is 36.4 Å². The Morgan fingerprint density at radius 2 is 1.84 bits per heavy atom. The SMILES string of the molecule is O=C(O)c1ccccc1Oc1ccc(SC=S)cc1. The van der Waals surface area contributed by atoms with Gasteiger partial charge in [0.25, 0.3) is 0 Å². The van der Waals surface area contributed by atoms with Crippen molar-refractivity contribution in [3.05, 3.63) is 54.1 Å². The number of thiocarbonyl (C=S) groups is 1. The number of benzene rings is 2. The van der Waals surface area contributed by atoms with Crippen molar-refractivity contribution in [1.82, 2.24) is 0 Å². The van der Waals surface area contributed by atoms with E-state index in [-0.39, 0.29) is 5.56 Å². The fourth-order valence-electron chi connectivity index (χ4n) is 1.50. The Morgan fingerprint density at radius 1 is 1.16 bits per heavy atom. The highest BCUT2D eigenvalue weighted by molar-refractivity contribution is 8.20. The van der Waals surface area contributed by atoms with E-state index >= 15 is 0 Å². The summed E-state index contributed by atoms with van der Waals surface area (Å²) in [5, 5.41) is 9.06. The van der Waals surface area contributed by atoms with E-state index in [1.807, 2.05) is 12.1 Å². The second kappa shape index (κ2) is 6.36. The monoisotopic (exact) mass is 290 g/mol. The third-order valence-corrected chi connectivity index (χ3v) is 3.28. The van der Waals surface area contributed by atoms with E-state index in [2.05, 4.69) is 0 Å². The van der Waals surface area contributed by atoms with Crippen LogP contribution in [0.1, 0.15) is 10.4 Å². The second-order valence-corrected chi connectivity index (χ2v) is 5.07. The fraction of sp³-hybridized carbons (Fsp3) is 0. The molecule has 0 saturated heterocycles. The number of carboxylic acids is 1. The molecule has 0 aliphatic carbocycles. The molecule has 0 fully saturated rings. The Balaban J connectivity index is 2.21. The molecule has 0 heterocycles. The summed E-state index contributed by atoms with van der Waals surface area (Å²) in [6.07, 6.45) is 0. The molecule has 2 aromatic carbocycles. The molecule has 2 rings (SSSR count). The van der Waals surface area contributed by atoms with E-state index < -0.39 is 5.97 Å². The van der Waals surface area contributed by atoms with Gasteiger partial charge in [-0.2, -0.15) is 0 Å². The first-order chi connectivity index (χ1) is 9.20. The van der Waals surface area contributed by atoms with Gasteiger partial charge in [-0.25, -0.2) is 4.79 Å². The Hall–Kier alpha value is -1.85. The lowest BCUT2D eigenvalue weighted by Gasteiger charge is -2.08. The largest absolute Gasteiger partial charge is 0.478 e. The highest BCUT2D eigenvalue weighted by atomic mass is 32.2. The number of carboxylic acid groups (broad SMARTS) is 1. The molecular formula is C14H10O3S2. The molecule has 0 amide bonds. The number of thioether (sulfide) groups is 1. The topological polar surface area (TPSA) is 46.5 Å². The molecular weight excluding hydrogens is 280 g/mol. The summed E-state index contributed by atoms with van der Waals surface area (Å²) in [7, 11) is 0. The van der Waals surface area contributed by atoms with Crippen molar-refractivity contribution in [2.24, 2.45) is 0 Å². The maximum absolute atomic E-state index is 11.1. The lowest BCUT2D eigenvalue weighted by atomic mass is 10.2. The number of carbonyl (C=O) groups is 1. The minimum absolute atomic E-state index is 0.139. The third kappa shape index (κ3) is 3.56. The van der Waals surface area contributed by atoms with Crippen LogP contribution in [-0.2, 0) is 0 Å². The number of hydrogen-bond acceptors (Lipinski definition) is 4. The van der Waals surface area contributed by atoms with Crippen molar-refractivity contribution < 1.29 is 14.6 Å². The van der Waals surface area contributed by atoms with Gasteiger partial charge in [-0.3, -0.25) is 0 Å². The standard InChI is InChI=1S/C14H10O3S2/c15-14(16)12-3-1-2-4-13(12)17-10-5-7-11(8-6-10)19-9-18/h1-9H,(H,15,16). The van der Waals surface area contributed by atoms with Crippen LogP contribution in [0.2, 0.25) is 0 Å². The van der Waals surface area contributed by atoms with Crippen LogP contribution in [0.15, 0.2) is 53.4 Å². The number of rotatable bonds is 5. The molecule has 1 N–H and O–H groups in total. The van der Waals surface area contributed by atoms with E-state index in [0.29, 0.717) is 11.5 Å². The van der Waals surface area contributed by atoms with Crippen LogP contribution in [0.5, 0.6) is 11.5 Å². The zero-order valence-corrected chi connectivity index (χ0v) is 11.4. The van der Waals surface area contributed by atoms with Crippen molar-refractivity contribution in [2.45, 2.75) is 4.90 Å². The number of hydrogen-bond donors (Lipinski definition) is 1. The van der Waals surface area contributed by atoms with Crippen LogP contribution in [0.3, 0.4) is 0 Å². The average Bonchev–Trinajstić information content (AvgIpc) is 2.42. The van der Waals surface area contributed by atoms with Crippen LogP contribution in [0.4, 0.5) is 0 Å². The Bertz CT molecular complexity index is 594. The predicted molar refractivity (Wildman–Crippen MR) is 79.4 cm³/mol. The maximum atomic E-state index is 11.1. The molecule has 19 heavy (non-hydrogen) atoms. The van der Waals surface area contributed by atoms with Gasteiger partial charge in [0.2, 0.25) is 0 Å². The minimum Gasteiger partial charge on any atom is -0.478 e. The quantitative estimate of drug-likeness (QED) is 0.659. The molecule has 5 heteroatoms. The van der Waals surface area contributed by atoms with Gasteiger partial charge in [0, 0.05) is 9.59 Å². The van der Waals surface area contributed by atoms with Crippen LogP contribution in [0, 0.1) is 0 Å². The first-order valence-corrected chi connectivity index (χ1v) is 6.76. The molecule has 0 saturated carbocycles. The average molecular weight is 290 g/mol. The first-order valence-electron chi connectivity index (χ1n) is 5.41. The first kappa shape index (κ1) is 13.6. The highest BCUT2D eigenvalue weighted by Crippen LogP contribution is 2.27. The van der Waals surface area contributed by atoms with Crippen molar-refractivity contribution >= 4 is 34.6 Å². The van der Waals surface area contributed by atoms with Gasteiger partial charge in [-0.15, -0.1) is 0 Å². The highest BCUT2D eigenvalue weighted by Gasteiger charge is 2.10. The second-order valence-electron chi connectivity index (χ2n) is 3.59. The molecule has 0 spiro atoms. The lowest BCUT2D eigenvalue weighted by molar-refractivity contribution is 0.0694. The van der Waals surface area contributed by atoms with Gasteiger partial charge in [0.15, 0.2) is 0 Å². The van der Waals surface area contributed by atoms with E-state index in [1.54, 1.807) is 35.0 Å². The van der Waals surface area contributed by atoms with Gasteiger partial charge in [0.05, 0.1) is 0 Å². The zero-order valence-electron chi connectivity index (χ0n) is 9.78. The third-order valence-electron chi connectivity index (χ3n) is 2.35. The van der Waals surface area contributed by atoms with Crippen molar-refractivity contribution in [2.75, 3.05) is 0 Å². The maximum Gasteiger partial charge on any atom is 0.339 e. The molecule has 0 radical (unpaired) electrons. The van der Waals surface area contributed by atoms with Crippen molar-refractivity contribution in [3.63, 3.8) is 0 Å². The summed E-state index contributed by atoms with van der Waals surface area (Å²) in [6, 6.07) is 13.8. The van der Waals surface area contributed by atoms with Crippen LogP contribution >= 0.6 is 24.0 Å². The molecule has 0 bridgehead atoms. The number of aromatic carboxylic acids is 1. The Morgan fingerprint density at radius 3 is 2.47 bits per heavy atom. The summed E-state index contributed by atoms with van der Waals surface area (Å²) in [5.41, 5.74) is 0.139. The fourth-order valence-corrected chi connectivity index (χ4v) is 2.24. The predicted octanol–water partition coefficient (Wildman–Crippen LogP) is 4.23. The van der Waals surface area contributed by atoms with Gasteiger partial charge >= 0.3 is 5.97 Å². The molecule has 0 aromatic heterocycles.